The zero-order valence-electron chi connectivity index (χ0n) is 10.3. The lowest BCUT2D eigenvalue weighted by atomic mass is 10.1. The van der Waals surface area contributed by atoms with E-state index >= 15 is 0 Å². The molecule has 1 fully saturated rings. The highest BCUT2D eigenvalue weighted by Gasteiger charge is 2.39. The number of amides is 2. The molecule has 1 heterocycles. The van der Waals surface area contributed by atoms with Crippen molar-refractivity contribution >= 4 is 35.1 Å². The van der Waals surface area contributed by atoms with E-state index in [1.165, 1.54) is 12.1 Å². The number of ketones is 1. The topological polar surface area (TPSA) is 95.9 Å². The second-order valence-electron chi connectivity index (χ2n) is 4.60. The fourth-order valence-corrected chi connectivity index (χ4v) is 2.09. The van der Waals surface area contributed by atoms with Crippen molar-refractivity contribution in [2.45, 2.75) is 12.8 Å². The minimum Gasteiger partial charge on any atom is -0.324 e. The van der Waals surface area contributed by atoms with Crippen LogP contribution in [0.5, 0.6) is 0 Å². The van der Waals surface area contributed by atoms with Crippen LogP contribution in [0.25, 0.3) is 0 Å². The molecule has 2 amide bonds. The zero-order chi connectivity index (χ0) is 14.3. The van der Waals surface area contributed by atoms with Crippen molar-refractivity contribution in [3.63, 3.8) is 0 Å². The fraction of sp³-hybridized carbons (Fsp3) is 0.231. The van der Waals surface area contributed by atoms with E-state index in [9.17, 15) is 19.2 Å². The Morgan fingerprint density at radius 1 is 1.35 bits per heavy atom. The largest absolute Gasteiger partial charge is 0.324 e. The number of carbonyl (C=O) groups is 3. The average Bonchev–Trinajstić information content (AvgIpc) is 3.25. The Labute approximate surface area is 113 Å². The highest BCUT2D eigenvalue weighted by molar-refractivity contribution is 6.52. The molecule has 1 aromatic carbocycles. The molecule has 7 nitrogen and oxygen atoms in total. The number of nitrogens with one attached hydrogen (secondary N) is 1. The van der Waals surface area contributed by atoms with Crippen molar-refractivity contribution in [2.75, 3.05) is 10.3 Å². The molecule has 0 atom stereocenters. The zero-order valence-corrected chi connectivity index (χ0v) is 10.3. The summed E-state index contributed by atoms with van der Waals surface area (Å²) in [6.07, 6.45) is 2.89. The summed E-state index contributed by atoms with van der Waals surface area (Å²) in [6.45, 7) is 0. The van der Waals surface area contributed by atoms with Crippen LogP contribution in [0.1, 0.15) is 23.2 Å². The number of para-hydroxylation sites is 1. The molecule has 1 saturated carbocycles. The molecule has 20 heavy (non-hydrogen) atoms. The van der Waals surface area contributed by atoms with Crippen LogP contribution in [0.4, 0.5) is 11.4 Å². The van der Waals surface area contributed by atoms with Gasteiger partial charge in [0.15, 0.2) is 0 Å². The van der Waals surface area contributed by atoms with Gasteiger partial charge in [0.05, 0.1) is 11.3 Å². The molecule has 1 aliphatic carbocycles. The molecule has 0 saturated heterocycles. The third kappa shape index (κ3) is 1.81. The number of carbonyl (C=O) groups excluding carboxylic acids is 4. The Hall–Kier alpha value is -2.79. The Bertz CT molecular complexity index is 687. The Morgan fingerprint density at radius 3 is 2.75 bits per heavy atom. The Balaban J connectivity index is 2.05. The second kappa shape index (κ2) is 4.40. The first-order valence-corrected chi connectivity index (χ1v) is 6.04. The van der Waals surface area contributed by atoms with Gasteiger partial charge >= 0.3 is 5.91 Å². The number of isocyanates is 1. The second-order valence-corrected chi connectivity index (χ2v) is 4.60. The van der Waals surface area contributed by atoms with Crippen LogP contribution in [0, 0.1) is 5.92 Å². The van der Waals surface area contributed by atoms with E-state index in [4.69, 9.17) is 0 Å². The highest BCUT2D eigenvalue weighted by Crippen LogP contribution is 2.38. The molecule has 0 unspecified atom stereocenters. The van der Waals surface area contributed by atoms with Gasteiger partial charge in [-0.05, 0) is 25.0 Å². The molecule has 2 aliphatic rings. The summed E-state index contributed by atoms with van der Waals surface area (Å²) in [4.78, 5) is 45.7. The number of anilines is 2. The van der Waals surface area contributed by atoms with Crippen LogP contribution in [0.15, 0.2) is 23.3 Å². The Kier molecular flexibility index (Phi) is 2.69. The smallest absolute Gasteiger partial charge is 0.320 e. The van der Waals surface area contributed by atoms with Gasteiger partial charge in [-0.1, -0.05) is 11.2 Å². The van der Waals surface area contributed by atoms with Crippen molar-refractivity contribution in [2.24, 2.45) is 11.0 Å². The predicted molar refractivity (Wildman–Crippen MR) is 67.7 cm³/mol. The molecular weight excluding hydrogens is 262 g/mol. The number of hydrogen-bond donors (Lipinski definition) is 1. The molecule has 100 valence electrons. The quantitative estimate of drug-likeness (QED) is 0.500. The van der Waals surface area contributed by atoms with Gasteiger partial charge in [-0.15, -0.1) is 0 Å². The molecule has 0 radical (unpaired) electrons. The summed E-state index contributed by atoms with van der Waals surface area (Å²) in [7, 11) is 0. The third-order valence-corrected chi connectivity index (χ3v) is 3.23. The van der Waals surface area contributed by atoms with Gasteiger partial charge in [-0.2, -0.15) is 5.01 Å². The first-order chi connectivity index (χ1) is 9.63. The van der Waals surface area contributed by atoms with Crippen molar-refractivity contribution in [1.29, 1.82) is 0 Å². The van der Waals surface area contributed by atoms with Crippen LogP contribution in [0.3, 0.4) is 0 Å². The minimum atomic E-state index is -0.934. The lowest BCUT2D eigenvalue weighted by Crippen LogP contribution is -2.25. The van der Waals surface area contributed by atoms with E-state index < -0.39 is 11.7 Å². The molecule has 1 aromatic rings. The summed E-state index contributed by atoms with van der Waals surface area (Å²) in [6, 6.07) is 4.56. The van der Waals surface area contributed by atoms with Gasteiger partial charge in [-0.3, -0.25) is 14.4 Å². The van der Waals surface area contributed by atoms with Crippen LogP contribution in [0.2, 0.25) is 0 Å². The molecule has 7 heteroatoms. The summed E-state index contributed by atoms with van der Waals surface area (Å²) in [5.41, 5.74) is 0.528. The predicted octanol–water partition coefficient (Wildman–Crippen LogP) is 0.815. The van der Waals surface area contributed by atoms with Gasteiger partial charge in [0.25, 0.3) is 11.9 Å². The first kappa shape index (κ1) is 12.3. The highest BCUT2D eigenvalue weighted by atomic mass is 16.2. The maximum atomic E-state index is 11.8. The standard InChI is InChI=1S/C13H9N3O4/c17-6-14-16-10-8(11(18)13(16)20)2-1-3-9(10)15-12(19)7-4-5-7/h1-3,7H,4-5H2,(H,15,19). The van der Waals surface area contributed by atoms with E-state index in [2.05, 4.69) is 10.4 Å². The maximum Gasteiger partial charge on any atom is 0.320 e. The third-order valence-electron chi connectivity index (χ3n) is 3.23. The Morgan fingerprint density at radius 2 is 2.10 bits per heavy atom. The SMILES string of the molecule is O=C=NN1C(=O)C(=O)c2cccc(NC(=O)C3CC3)c21. The summed E-state index contributed by atoms with van der Waals surface area (Å²) in [5.74, 6) is -1.89. The van der Waals surface area contributed by atoms with E-state index in [0.29, 0.717) is 5.01 Å². The normalized spacial score (nSPS) is 16.7. The van der Waals surface area contributed by atoms with Crippen LogP contribution in [-0.4, -0.2) is 23.7 Å². The fourth-order valence-electron chi connectivity index (χ4n) is 2.09. The summed E-state index contributed by atoms with van der Waals surface area (Å²) < 4.78 is 0. The lowest BCUT2D eigenvalue weighted by Gasteiger charge is -2.13. The molecule has 3 rings (SSSR count). The van der Waals surface area contributed by atoms with E-state index in [1.54, 1.807) is 12.1 Å². The number of fused-ring (bicyclic) bond motifs is 1. The van der Waals surface area contributed by atoms with Gasteiger partial charge in [0.2, 0.25) is 5.91 Å². The van der Waals surface area contributed by atoms with Gasteiger partial charge in [0, 0.05) is 5.92 Å². The van der Waals surface area contributed by atoms with E-state index in [1.807, 2.05) is 0 Å². The molecule has 1 N–H and O–H groups in total. The number of nitrogens with zero attached hydrogens (tertiary/aromatic N) is 2. The monoisotopic (exact) mass is 271 g/mol. The molecule has 0 aromatic heterocycles. The van der Waals surface area contributed by atoms with Crippen LogP contribution >= 0.6 is 0 Å². The number of Topliss-reactive ketones (excluding diaryl/α,β-unsaturated/α-hetero) is 1. The van der Waals surface area contributed by atoms with Crippen LogP contribution < -0.4 is 10.3 Å². The maximum absolute atomic E-state index is 11.8. The summed E-state index contributed by atoms with van der Waals surface area (Å²) in [5, 5.41) is 6.56. The van der Waals surface area contributed by atoms with Gasteiger partial charge in [-0.25, -0.2) is 4.79 Å². The number of benzene rings is 1. The van der Waals surface area contributed by atoms with Crippen molar-refractivity contribution in [1.82, 2.24) is 0 Å². The lowest BCUT2D eigenvalue weighted by molar-refractivity contribution is -0.117. The van der Waals surface area contributed by atoms with Crippen molar-refractivity contribution in [3.05, 3.63) is 23.8 Å². The van der Waals surface area contributed by atoms with Crippen LogP contribution in [-0.2, 0) is 14.4 Å². The molecule has 0 spiro atoms. The first-order valence-electron chi connectivity index (χ1n) is 6.04. The van der Waals surface area contributed by atoms with Crippen molar-refractivity contribution in [3.8, 4) is 0 Å². The number of rotatable bonds is 3. The molecule has 0 bridgehead atoms. The molecule has 1 aliphatic heterocycles. The van der Waals surface area contributed by atoms with Crippen molar-refractivity contribution < 1.29 is 19.2 Å². The number of hydrogen-bond acceptors (Lipinski definition) is 5. The van der Waals surface area contributed by atoms with Gasteiger partial charge < -0.3 is 5.32 Å². The summed E-state index contributed by atoms with van der Waals surface area (Å²) >= 11 is 0. The van der Waals surface area contributed by atoms with E-state index in [0.717, 1.165) is 12.8 Å². The average molecular weight is 271 g/mol. The van der Waals surface area contributed by atoms with Gasteiger partial charge in [0.1, 0.15) is 5.69 Å². The van der Waals surface area contributed by atoms with E-state index in [-0.39, 0.29) is 28.8 Å². The molecular formula is C13H9N3O4. The number of hydrazone groups is 1. The minimum absolute atomic E-state index is 0.0262.